The van der Waals surface area contributed by atoms with Crippen LogP contribution in [-0.4, -0.2) is 33.7 Å². The number of benzene rings is 1. The average molecular weight is 284 g/mol. The van der Waals surface area contributed by atoms with E-state index in [-0.39, 0.29) is 19.0 Å². The van der Waals surface area contributed by atoms with Crippen LogP contribution in [0.3, 0.4) is 0 Å². The van der Waals surface area contributed by atoms with E-state index in [9.17, 15) is 13.2 Å². The van der Waals surface area contributed by atoms with Crippen molar-refractivity contribution in [3.63, 3.8) is 0 Å². The highest BCUT2D eigenvalue weighted by atomic mass is 32.2. The molecule has 0 aliphatic heterocycles. The molecular weight excluding hydrogens is 264 g/mol. The standard InChI is InChI=1S/C13H20N2O3S/c1-10(2)11-4-6-12(7-5-11)13(16)14-8-9-15-19(3,17)18/h4-7,10,15H,8-9H2,1-3H3,(H,14,16). The lowest BCUT2D eigenvalue weighted by molar-refractivity contribution is 0.0954. The summed E-state index contributed by atoms with van der Waals surface area (Å²) in [5, 5.41) is 2.65. The molecule has 0 atom stereocenters. The van der Waals surface area contributed by atoms with Crippen molar-refractivity contribution in [2.45, 2.75) is 19.8 Å². The molecule has 1 aromatic carbocycles. The Labute approximate surface area is 114 Å². The summed E-state index contributed by atoms with van der Waals surface area (Å²) in [7, 11) is -3.20. The second-order valence-corrected chi connectivity index (χ2v) is 6.53. The predicted octanol–water partition coefficient (Wildman–Crippen LogP) is 1.09. The minimum absolute atomic E-state index is 0.189. The maximum absolute atomic E-state index is 11.8. The summed E-state index contributed by atoms with van der Waals surface area (Å²) >= 11 is 0. The third-order valence-corrected chi connectivity index (χ3v) is 3.34. The van der Waals surface area contributed by atoms with Gasteiger partial charge in [-0.2, -0.15) is 0 Å². The molecule has 106 valence electrons. The van der Waals surface area contributed by atoms with Crippen LogP contribution in [0.4, 0.5) is 0 Å². The zero-order valence-electron chi connectivity index (χ0n) is 11.4. The maximum Gasteiger partial charge on any atom is 0.251 e. The van der Waals surface area contributed by atoms with Gasteiger partial charge in [-0.3, -0.25) is 4.79 Å². The van der Waals surface area contributed by atoms with Gasteiger partial charge in [0.15, 0.2) is 0 Å². The van der Waals surface area contributed by atoms with Crippen LogP contribution in [0.5, 0.6) is 0 Å². The first-order valence-electron chi connectivity index (χ1n) is 6.12. The van der Waals surface area contributed by atoms with E-state index in [1.807, 2.05) is 12.1 Å². The van der Waals surface area contributed by atoms with Gasteiger partial charge in [0.1, 0.15) is 0 Å². The smallest absolute Gasteiger partial charge is 0.251 e. The Morgan fingerprint density at radius 1 is 1.16 bits per heavy atom. The Bertz CT molecular complexity index is 521. The molecule has 1 rings (SSSR count). The summed E-state index contributed by atoms with van der Waals surface area (Å²) in [5.41, 5.74) is 1.75. The second kappa shape index (κ2) is 6.68. The van der Waals surface area contributed by atoms with Crippen LogP contribution in [0, 0.1) is 0 Å². The molecule has 5 nitrogen and oxygen atoms in total. The normalized spacial score (nSPS) is 11.6. The summed E-state index contributed by atoms with van der Waals surface area (Å²) in [6.45, 7) is 4.63. The van der Waals surface area contributed by atoms with Crippen LogP contribution in [0.25, 0.3) is 0 Å². The lowest BCUT2D eigenvalue weighted by Gasteiger charge is -2.08. The van der Waals surface area contributed by atoms with Crippen LogP contribution in [0.1, 0.15) is 35.7 Å². The van der Waals surface area contributed by atoms with Gasteiger partial charge in [-0.05, 0) is 23.6 Å². The molecule has 0 aromatic heterocycles. The van der Waals surface area contributed by atoms with Gasteiger partial charge < -0.3 is 5.32 Å². The van der Waals surface area contributed by atoms with Crippen molar-refractivity contribution >= 4 is 15.9 Å². The number of carbonyl (C=O) groups excluding carboxylic acids is 1. The molecule has 19 heavy (non-hydrogen) atoms. The Morgan fingerprint density at radius 3 is 2.21 bits per heavy atom. The topological polar surface area (TPSA) is 75.3 Å². The number of hydrogen-bond acceptors (Lipinski definition) is 3. The van der Waals surface area contributed by atoms with Gasteiger partial charge in [0, 0.05) is 18.7 Å². The molecule has 0 spiro atoms. The van der Waals surface area contributed by atoms with Crippen molar-refractivity contribution in [3.05, 3.63) is 35.4 Å². The van der Waals surface area contributed by atoms with Crippen LogP contribution in [0.2, 0.25) is 0 Å². The molecule has 0 aliphatic rings. The highest BCUT2D eigenvalue weighted by Gasteiger charge is 2.06. The first-order valence-corrected chi connectivity index (χ1v) is 8.01. The minimum atomic E-state index is -3.20. The van der Waals surface area contributed by atoms with Gasteiger partial charge in [-0.1, -0.05) is 26.0 Å². The van der Waals surface area contributed by atoms with Crippen molar-refractivity contribution in [1.82, 2.24) is 10.0 Å². The minimum Gasteiger partial charge on any atom is -0.351 e. The summed E-state index contributed by atoms with van der Waals surface area (Å²) in [6, 6.07) is 7.39. The van der Waals surface area contributed by atoms with Crippen molar-refractivity contribution in [3.8, 4) is 0 Å². The molecule has 0 aliphatic carbocycles. The SMILES string of the molecule is CC(C)c1ccc(C(=O)NCCNS(C)(=O)=O)cc1. The van der Waals surface area contributed by atoms with Crippen molar-refractivity contribution in [2.75, 3.05) is 19.3 Å². The van der Waals surface area contributed by atoms with E-state index in [1.54, 1.807) is 12.1 Å². The quantitative estimate of drug-likeness (QED) is 0.768. The van der Waals surface area contributed by atoms with Gasteiger partial charge in [-0.15, -0.1) is 0 Å². The third-order valence-electron chi connectivity index (χ3n) is 2.61. The summed E-state index contributed by atoms with van der Waals surface area (Å²) in [6.07, 6.45) is 1.08. The van der Waals surface area contributed by atoms with Gasteiger partial charge in [0.25, 0.3) is 5.91 Å². The molecule has 0 unspecified atom stereocenters. The first-order chi connectivity index (χ1) is 8.79. The van der Waals surface area contributed by atoms with Crippen molar-refractivity contribution in [1.29, 1.82) is 0 Å². The van der Waals surface area contributed by atoms with E-state index in [0.717, 1.165) is 6.26 Å². The molecule has 0 bridgehead atoms. The lowest BCUT2D eigenvalue weighted by Crippen LogP contribution is -2.34. The van der Waals surface area contributed by atoms with E-state index in [1.165, 1.54) is 5.56 Å². The molecule has 0 radical (unpaired) electrons. The molecule has 1 aromatic rings. The van der Waals surface area contributed by atoms with Crippen LogP contribution in [0.15, 0.2) is 24.3 Å². The monoisotopic (exact) mass is 284 g/mol. The molecular formula is C13H20N2O3S. The number of hydrogen-bond donors (Lipinski definition) is 2. The van der Waals surface area contributed by atoms with Crippen LogP contribution in [-0.2, 0) is 10.0 Å². The van der Waals surface area contributed by atoms with Crippen LogP contribution >= 0.6 is 0 Å². The number of sulfonamides is 1. The maximum atomic E-state index is 11.8. The largest absolute Gasteiger partial charge is 0.351 e. The fourth-order valence-corrected chi connectivity index (χ4v) is 2.01. The average Bonchev–Trinajstić information content (AvgIpc) is 2.33. The number of amides is 1. The van der Waals surface area contributed by atoms with Crippen LogP contribution < -0.4 is 10.0 Å². The molecule has 0 fully saturated rings. The second-order valence-electron chi connectivity index (χ2n) is 4.70. The van der Waals surface area contributed by atoms with E-state index in [2.05, 4.69) is 23.9 Å². The predicted molar refractivity (Wildman–Crippen MR) is 75.7 cm³/mol. The fourth-order valence-electron chi connectivity index (χ4n) is 1.53. The summed E-state index contributed by atoms with van der Waals surface area (Å²) in [4.78, 5) is 11.8. The first kappa shape index (κ1) is 15.7. The van der Waals surface area contributed by atoms with Gasteiger partial charge in [0.2, 0.25) is 10.0 Å². The van der Waals surface area contributed by atoms with Gasteiger partial charge >= 0.3 is 0 Å². The van der Waals surface area contributed by atoms with E-state index in [4.69, 9.17) is 0 Å². The number of carbonyl (C=O) groups is 1. The lowest BCUT2D eigenvalue weighted by atomic mass is 10.0. The zero-order chi connectivity index (χ0) is 14.5. The highest BCUT2D eigenvalue weighted by molar-refractivity contribution is 7.88. The third kappa shape index (κ3) is 5.85. The Hall–Kier alpha value is -1.40. The van der Waals surface area contributed by atoms with E-state index in [0.29, 0.717) is 11.5 Å². The highest BCUT2D eigenvalue weighted by Crippen LogP contribution is 2.14. The molecule has 0 saturated heterocycles. The molecule has 6 heteroatoms. The fraction of sp³-hybridized carbons (Fsp3) is 0.462. The molecule has 0 heterocycles. The zero-order valence-corrected chi connectivity index (χ0v) is 12.3. The molecule has 0 saturated carbocycles. The van der Waals surface area contributed by atoms with Crippen molar-refractivity contribution in [2.24, 2.45) is 0 Å². The van der Waals surface area contributed by atoms with Crippen molar-refractivity contribution < 1.29 is 13.2 Å². The number of nitrogens with one attached hydrogen (secondary N) is 2. The van der Waals surface area contributed by atoms with Gasteiger partial charge in [0.05, 0.1) is 6.26 Å². The summed E-state index contributed by atoms with van der Waals surface area (Å²) in [5.74, 6) is 0.224. The number of rotatable bonds is 6. The van der Waals surface area contributed by atoms with E-state index >= 15 is 0 Å². The summed E-state index contributed by atoms with van der Waals surface area (Å²) < 4.78 is 24.0. The Morgan fingerprint density at radius 2 is 1.74 bits per heavy atom. The van der Waals surface area contributed by atoms with Gasteiger partial charge in [-0.25, -0.2) is 13.1 Å². The molecule has 2 N–H and O–H groups in total. The van der Waals surface area contributed by atoms with E-state index < -0.39 is 10.0 Å². The Kier molecular flexibility index (Phi) is 5.50. The Balaban J connectivity index is 2.45. The molecule has 1 amide bonds.